The number of hydrogen-bond acceptors (Lipinski definition) is 3. The van der Waals surface area contributed by atoms with Crippen molar-refractivity contribution in [2.75, 3.05) is 6.61 Å². The van der Waals surface area contributed by atoms with Crippen molar-refractivity contribution in [3.63, 3.8) is 0 Å². The molecular formula is C25H22BrClN2O2. The van der Waals surface area contributed by atoms with Gasteiger partial charge in [-0.3, -0.25) is 9.36 Å². The first-order chi connectivity index (χ1) is 15.1. The lowest BCUT2D eigenvalue weighted by atomic mass is 10.1. The molecule has 1 aromatic heterocycles. The first kappa shape index (κ1) is 21.6. The zero-order chi connectivity index (χ0) is 21.6. The number of nitrogens with zero attached hydrogens (tertiary/aromatic N) is 2. The molecule has 1 heterocycles. The molecule has 0 saturated heterocycles. The molecule has 0 aliphatic carbocycles. The van der Waals surface area contributed by atoms with Gasteiger partial charge in [0.15, 0.2) is 0 Å². The van der Waals surface area contributed by atoms with Crippen LogP contribution in [0.25, 0.3) is 22.3 Å². The van der Waals surface area contributed by atoms with E-state index in [1.165, 1.54) is 0 Å². The number of aromatic nitrogens is 2. The monoisotopic (exact) mass is 496 g/mol. The summed E-state index contributed by atoms with van der Waals surface area (Å²) in [5, 5.41) is 1.29. The summed E-state index contributed by atoms with van der Waals surface area (Å²) < 4.78 is 8.57. The van der Waals surface area contributed by atoms with Crippen LogP contribution in [-0.2, 0) is 6.54 Å². The van der Waals surface area contributed by atoms with Crippen LogP contribution < -0.4 is 10.3 Å². The first-order valence-electron chi connectivity index (χ1n) is 10.3. The van der Waals surface area contributed by atoms with E-state index in [1.54, 1.807) is 4.57 Å². The summed E-state index contributed by atoms with van der Waals surface area (Å²) in [5.74, 6) is 1.52. The summed E-state index contributed by atoms with van der Waals surface area (Å²) in [6.07, 6.45) is 2.72. The van der Waals surface area contributed by atoms with Crippen LogP contribution in [0, 0.1) is 0 Å². The van der Waals surface area contributed by atoms with Crippen molar-refractivity contribution >= 4 is 38.4 Å². The number of rotatable bonds is 8. The maximum atomic E-state index is 13.2. The lowest BCUT2D eigenvalue weighted by molar-refractivity contribution is 0.302. The smallest absolute Gasteiger partial charge is 0.261 e. The highest BCUT2D eigenvalue weighted by atomic mass is 79.9. The lowest BCUT2D eigenvalue weighted by Crippen LogP contribution is -2.23. The molecule has 4 aromatic rings. The van der Waals surface area contributed by atoms with Gasteiger partial charge < -0.3 is 4.74 Å². The third-order valence-electron chi connectivity index (χ3n) is 5.08. The molecular weight excluding hydrogens is 476 g/mol. The van der Waals surface area contributed by atoms with E-state index in [9.17, 15) is 4.79 Å². The van der Waals surface area contributed by atoms with Crippen LogP contribution in [0.5, 0.6) is 5.75 Å². The van der Waals surface area contributed by atoms with Crippen LogP contribution in [0.15, 0.2) is 82.1 Å². The zero-order valence-electron chi connectivity index (χ0n) is 16.9. The van der Waals surface area contributed by atoms with Crippen molar-refractivity contribution in [3.05, 3.63) is 92.6 Å². The number of unbranched alkanes of at least 4 members (excludes halogenated alkanes) is 2. The summed E-state index contributed by atoms with van der Waals surface area (Å²) in [5.41, 5.74) is 1.57. The van der Waals surface area contributed by atoms with Crippen molar-refractivity contribution in [1.29, 1.82) is 0 Å². The van der Waals surface area contributed by atoms with Crippen molar-refractivity contribution < 1.29 is 4.74 Å². The molecule has 6 heteroatoms. The molecule has 0 amide bonds. The molecule has 0 atom stereocenters. The molecule has 0 unspecified atom stereocenters. The van der Waals surface area contributed by atoms with Crippen molar-refractivity contribution in [2.24, 2.45) is 0 Å². The molecule has 0 aliphatic heterocycles. The van der Waals surface area contributed by atoms with Crippen molar-refractivity contribution in [1.82, 2.24) is 9.55 Å². The van der Waals surface area contributed by atoms with E-state index in [4.69, 9.17) is 21.3 Å². The van der Waals surface area contributed by atoms with Gasteiger partial charge in [-0.1, -0.05) is 35.9 Å². The number of ether oxygens (including phenoxy) is 1. The first-order valence-corrected chi connectivity index (χ1v) is 11.4. The van der Waals surface area contributed by atoms with Gasteiger partial charge in [0.25, 0.3) is 5.56 Å². The second-order valence-electron chi connectivity index (χ2n) is 7.26. The maximum Gasteiger partial charge on any atom is 0.261 e. The van der Waals surface area contributed by atoms with Gasteiger partial charge in [0, 0.05) is 17.1 Å². The van der Waals surface area contributed by atoms with Crippen LogP contribution in [0.4, 0.5) is 0 Å². The Labute approximate surface area is 194 Å². The third-order valence-corrected chi connectivity index (χ3v) is 5.99. The minimum Gasteiger partial charge on any atom is -0.492 e. The van der Waals surface area contributed by atoms with Crippen molar-refractivity contribution in [3.8, 4) is 17.1 Å². The summed E-state index contributed by atoms with van der Waals surface area (Å²) >= 11 is 9.54. The van der Waals surface area contributed by atoms with Crippen LogP contribution in [0.1, 0.15) is 19.3 Å². The molecule has 0 spiro atoms. The molecule has 0 saturated carbocycles. The van der Waals surface area contributed by atoms with Gasteiger partial charge in [0.2, 0.25) is 0 Å². The van der Waals surface area contributed by atoms with E-state index in [0.29, 0.717) is 34.9 Å². The minimum absolute atomic E-state index is 0.0139. The summed E-state index contributed by atoms with van der Waals surface area (Å²) in [6.45, 7) is 1.24. The van der Waals surface area contributed by atoms with Crippen molar-refractivity contribution in [2.45, 2.75) is 25.8 Å². The molecule has 0 bridgehead atoms. The lowest BCUT2D eigenvalue weighted by Gasteiger charge is -2.14. The summed E-state index contributed by atoms with van der Waals surface area (Å²) in [4.78, 5) is 18.0. The van der Waals surface area contributed by atoms with Gasteiger partial charge in [0.05, 0.1) is 22.0 Å². The van der Waals surface area contributed by atoms with Crippen LogP contribution >= 0.6 is 27.5 Å². The minimum atomic E-state index is -0.0139. The van der Waals surface area contributed by atoms with Gasteiger partial charge in [-0.25, -0.2) is 4.98 Å². The molecule has 0 radical (unpaired) electrons. The molecule has 158 valence electrons. The van der Waals surface area contributed by atoms with Crippen LogP contribution in [0.2, 0.25) is 5.02 Å². The standard InChI is InChI=1S/C25H22BrClN2O2/c26-21-9-3-5-11-23(21)31-17-7-1-6-16-29-24(18-12-14-19(27)15-13-18)28-22-10-4-2-8-20(22)25(29)30/h2-5,8-15H,1,6-7,16-17H2. The zero-order valence-corrected chi connectivity index (χ0v) is 19.3. The van der Waals surface area contributed by atoms with E-state index in [2.05, 4.69) is 15.9 Å². The highest BCUT2D eigenvalue weighted by Gasteiger charge is 2.12. The Bertz CT molecular complexity index is 1240. The molecule has 31 heavy (non-hydrogen) atoms. The van der Waals surface area contributed by atoms with Gasteiger partial charge in [-0.2, -0.15) is 0 Å². The quantitative estimate of drug-likeness (QED) is 0.254. The second kappa shape index (κ2) is 10.1. The highest BCUT2D eigenvalue weighted by Crippen LogP contribution is 2.24. The van der Waals surface area contributed by atoms with E-state index < -0.39 is 0 Å². The molecule has 0 fully saturated rings. The Morgan fingerprint density at radius 2 is 1.65 bits per heavy atom. The van der Waals surface area contributed by atoms with Crippen LogP contribution in [0.3, 0.4) is 0 Å². The predicted molar refractivity (Wildman–Crippen MR) is 130 cm³/mol. The molecule has 0 N–H and O–H groups in total. The second-order valence-corrected chi connectivity index (χ2v) is 8.55. The van der Waals surface area contributed by atoms with E-state index in [1.807, 2.05) is 72.8 Å². The van der Waals surface area contributed by atoms with Gasteiger partial charge in [0.1, 0.15) is 11.6 Å². The normalized spacial score (nSPS) is 11.0. The highest BCUT2D eigenvalue weighted by molar-refractivity contribution is 9.10. The fourth-order valence-electron chi connectivity index (χ4n) is 3.49. The third kappa shape index (κ3) is 5.17. The van der Waals surface area contributed by atoms with Crippen LogP contribution in [-0.4, -0.2) is 16.2 Å². The van der Waals surface area contributed by atoms with Gasteiger partial charge in [-0.05, 0) is 83.7 Å². The predicted octanol–water partition coefficient (Wildman–Crippen LogP) is 6.73. The largest absolute Gasteiger partial charge is 0.492 e. The number of benzene rings is 3. The van der Waals surface area contributed by atoms with E-state index in [0.717, 1.165) is 35.0 Å². The van der Waals surface area contributed by atoms with Gasteiger partial charge >= 0.3 is 0 Å². The Balaban J connectivity index is 1.48. The molecule has 0 aliphatic rings. The number of para-hydroxylation sites is 2. The Hall–Kier alpha value is -2.63. The fraction of sp³-hybridized carbons (Fsp3) is 0.200. The summed E-state index contributed by atoms with van der Waals surface area (Å²) in [7, 11) is 0. The topological polar surface area (TPSA) is 44.1 Å². The molecule has 4 nitrogen and oxygen atoms in total. The van der Waals surface area contributed by atoms with Gasteiger partial charge in [-0.15, -0.1) is 0 Å². The average Bonchev–Trinajstić information content (AvgIpc) is 2.79. The summed E-state index contributed by atoms with van der Waals surface area (Å²) in [6, 6.07) is 22.8. The molecule has 3 aromatic carbocycles. The number of hydrogen-bond donors (Lipinski definition) is 0. The maximum absolute atomic E-state index is 13.2. The molecule has 4 rings (SSSR count). The Morgan fingerprint density at radius 1 is 0.903 bits per heavy atom. The average molecular weight is 498 g/mol. The van der Waals surface area contributed by atoms with E-state index in [-0.39, 0.29) is 5.56 Å². The number of fused-ring (bicyclic) bond motifs is 1. The fourth-order valence-corrected chi connectivity index (χ4v) is 4.01. The SMILES string of the molecule is O=c1c2ccccc2nc(-c2ccc(Cl)cc2)n1CCCCCOc1ccccc1Br. The number of halogens is 2. The Kier molecular flexibility index (Phi) is 7.05. The van der Waals surface area contributed by atoms with E-state index >= 15 is 0 Å². The Morgan fingerprint density at radius 3 is 2.45 bits per heavy atom.